The highest BCUT2D eigenvalue weighted by molar-refractivity contribution is 7.91. The van der Waals surface area contributed by atoms with E-state index >= 15 is 0 Å². The number of sulfone groups is 1. The zero-order valence-electron chi connectivity index (χ0n) is 17.7. The van der Waals surface area contributed by atoms with Gasteiger partial charge >= 0.3 is 5.97 Å². The van der Waals surface area contributed by atoms with Gasteiger partial charge in [-0.3, -0.25) is 9.59 Å². The minimum atomic E-state index is -3.66. The van der Waals surface area contributed by atoms with Gasteiger partial charge in [-0.2, -0.15) is 0 Å². The summed E-state index contributed by atoms with van der Waals surface area (Å²) >= 11 is 5.93. The Morgan fingerprint density at radius 2 is 2.06 bits per heavy atom. The van der Waals surface area contributed by atoms with Gasteiger partial charge in [0.2, 0.25) is 0 Å². The minimum absolute atomic E-state index is 0.0244. The Hall–Kier alpha value is -2.45. The average Bonchev–Trinajstić information content (AvgIpc) is 3.02. The number of Topliss-reactive ketones (excluding diaryl/α,β-unsaturated/α-hetero) is 1. The second-order valence-electron chi connectivity index (χ2n) is 7.76. The Labute approximate surface area is 186 Å². The molecular formula is C22H25ClN2O5S. The van der Waals surface area contributed by atoms with Crippen molar-refractivity contribution in [2.24, 2.45) is 0 Å². The number of pyridine rings is 1. The molecule has 0 aliphatic carbocycles. The van der Waals surface area contributed by atoms with Crippen LogP contribution >= 0.6 is 11.6 Å². The van der Waals surface area contributed by atoms with Crippen molar-refractivity contribution in [2.45, 2.75) is 56.9 Å². The van der Waals surface area contributed by atoms with Crippen molar-refractivity contribution in [2.75, 3.05) is 6.26 Å². The molecule has 1 aliphatic rings. The van der Waals surface area contributed by atoms with Crippen molar-refractivity contribution in [1.82, 2.24) is 9.55 Å². The number of aromatic nitrogens is 2. The van der Waals surface area contributed by atoms with Gasteiger partial charge in [-0.05, 0) is 43.9 Å². The molecule has 0 fully saturated rings. The van der Waals surface area contributed by atoms with E-state index in [1.807, 2.05) is 11.5 Å². The Morgan fingerprint density at radius 3 is 2.65 bits per heavy atom. The second-order valence-corrected chi connectivity index (χ2v) is 10.3. The number of hydrogen-bond donors (Lipinski definition) is 1. The number of halogens is 1. The van der Waals surface area contributed by atoms with Gasteiger partial charge in [0.25, 0.3) is 0 Å². The number of fused-ring (bicyclic) bond motifs is 3. The molecule has 0 amide bonds. The van der Waals surface area contributed by atoms with Crippen molar-refractivity contribution >= 4 is 44.2 Å². The van der Waals surface area contributed by atoms with Crippen molar-refractivity contribution in [1.29, 1.82) is 0 Å². The molecule has 9 heteroatoms. The highest BCUT2D eigenvalue weighted by atomic mass is 35.5. The normalized spacial score (nSPS) is 17.6. The lowest BCUT2D eigenvalue weighted by atomic mass is 9.87. The summed E-state index contributed by atoms with van der Waals surface area (Å²) in [6.45, 7) is 4.07. The molecule has 7 nitrogen and oxygen atoms in total. The fourth-order valence-corrected chi connectivity index (χ4v) is 5.15. The molecular weight excluding hydrogens is 440 g/mol. The molecule has 2 aromatic rings. The lowest BCUT2D eigenvalue weighted by Gasteiger charge is -2.25. The van der Waals surface area contributed by atoms with Crippen molar-refractivity contribution in [3.05, 3.63) is 46.3 Å². The maximum absolute atomic E-state index is 13.7. The van der Waals surface area contributed by atoms with Gasteiger partial charge in [-0.1, -0.05) is 24.6 Å². The number of carbonyl (C=O) groups is 2. The van der Waals surface area contributed by atoms with Crippen LogP contribution in [0, 0.1) is 0 Å². The first-order chi connectivity index (χ1) is 14.6. The maximum Gasteiger partial charge on any atom is 0.304 e. The zero-order chi connectivity index (χ0) is 22.9. The van der Waals surface area contributed by atoms with Crippen LogP contribution in [0.5, 0.6) is 0 Å². The van der Waals surface area contributed by atoms with Crippen LogP contribution < -0.4 is 0 Å². The third-order valence-corrected chi connectivity index (χ3v) is 6.77. The second kappa shape index (κ2) is 8.96. The number of carboxylic acids is 1. The van der Waals surface area contributed by atoms with Crippen LogP contribution in [0.3, 0.4) is 0 Å². The molecule has 166 valence electrons. The molecule has 0 saturated carbocycles. The van der Waals surface area contributed by atoms with E-state index in [0.29, 0.717) is 41.3 Å². The largest absolute Gasteiger partial charge is 0.481 e. The lowest BCUT2D eigenvalue weighted by molar-refractivity contribution is -0.137. The monoisotopic (exact) mass is 464 g/mol. The Kier molecular flexibility index (Phi) is 6.71. The Bertz CT molecular complexity index is 1220. The Morgan fingerprint density at radius 1 is 1.35 bits per heavy atom. The van der Waals surface area contributed by atoms with E-state index in [4.69, 9.17) is 11.6 Å². The van der Waals surface area contributed by atoms with E-state index < -0.39 is 21.7 Å². The Balaban J connectivity index is 2.42. The van der Waals surface area contributed by atoms with Crippen molar-refractivity contribution in [3.8, 4) is 0 Å². The summed E-state index contributed by atoms with van der Waals surface area (Å²) in [5.41, 5.74) is 1.65. The van der Waals surface area contributed by atoms with E-state index in [1.165, 1.54) is 12.3 Å². The van der Waals surface area contributed by atoms with E-state index in [0.717, 1.165) is 12.7 Å². The quantitative estimate of drug-likeness (QED) is 0.368. The van der Waals surface area contributed by atoms with E-state index in [-0.39, 0.29) is 28.0 Å². The molecule has 31 heavy (non-hydrogen) atoms. The standard InChI is InChI=1S/C22H25ClN2O5S/c1-4-14(8-7-13(2)23)21(28)19-18-16(31(3,29)30)9-10-24-22(18)25-11-5-6-15(20(19)25)12-17(26)27/h7-10,15H,4-6,11-12H2,1-3H3,(H,26,27)/b13-7+,14-8+. The molecule has 2 aromatic heterocycles. The van der Waals surface area contributed by atoms with Gasteiger partial charge in [-0.25, -0.2) is 13.4 Å². The summed E-state index contributed by atoms with van der Waals surface area (Å²) < 4.78 is 27.0. The molecule has 0 bridgehead atoms. The first kappa shape index (κ1) is 23.2. The van der Waals surface area contributed by atoms with E-state index in [2.05, 4.69) is 4.98 Å². The van der Waals surface area contributed by atoms with Crippen LogP contribution in [-0.4, -0.2) is 41.1 Å². The van der Waals surface area contributed by atoms with Gasteiger partial charge in [0.15, 0.2) is 15.6 Å². The molecule has 0 aromatic carbocycles. The zero-order valence-corrected chi connectivity index (χ0v) is 19.3. The van der Waals surface area contributed by atoms with Crippen LogP contribution in [0.25, 0.3) is 11.0 Å². The predicted molar refractivity (Wildman–Crippen MR) is 119 cm³/mol. The fraction of sp³-hybridized carbons (Fsp3) is 0.409. The number of rotatable bonds is 7. The summed E-state index contributed by atoms with van der Waals surface area (Å²) in [5.74, 6) is -1.70. The summed E-state index contributed by atoms with van der Waals surface area (Å²) in [7, 11) is -3.66. The number of carboxylic acid groups (broad SMARTS) is 1. The van der Waals surface area contributed by atoms with Crippen LogP contribution in [0.4, 0.5) is 0 Å². The number of hydrogen-bond acceptors (Lipinski definition) is 5. The molecule has 1 N–H and O–H groups in total. The summed E-state index contributed by atoms with van der Waals surface area (Å²) in [4.78, 5) is 29.7. The first-order valence-corrected chi connectivity index (χ1v) is 12.3. The summed E-state index contributed by atoms with van der Waals surface area (Å²) in [6.07, 6.45) is 7.34. The lowest BCUT2D eigenvalue weighted by Crippen LogP contribution is -2.20. The van der Waals surface area contributed by atoms with Crippen molar-refractivity contribution < 1.29 is 23.1 Å². The molecule has 1 unspecified atom stereocenters. The van der Waals surface area contributed by atoms with E-state index in [1.54, 1.807) is 19.1 Å². The predicted octanol–water partition coefficient (Wildman–Crippen LogP) is 4.45. The van der Waals surface area contributed by atoms with Gasteiger partial charge < -0.3 is 9.67 Å². The number of allylic oxidation sites excluding steroid dienone is 4. The fourth-order valence-electron chi connectivity index (χ4n) is 4.21. The van der Waals surface area contributed by atoms with E-state index in [9.17, 15) is 23.1 Å². The number of carbonyl (C=O) groups excluding carboxylic acids is 1. The van der Waals surface area contributed by atoms with Gasteiger partial charge in [0, 0.05) is 41.0 Å². The molecule has 1 aliphatic heterocycles. The first-order valence-electron chi connectivity index (χ1n) is 10.1. The number of ketones is 1. The average molecular weight is 465 g/mol. The summed E-state index contributed by atoms with van der Waals surface area (Å²) in [6, 6.07) is 1.39. The van der Waals surface area contributed by atoms with Crippen LogP contribution in [0.2, 0.25) is 0 Å². The molecule has 3 rings (SSSR count). The molecule has 1 atom stereocenters. The van der Waals surface area contributed by atoms with Crippen molar-refractivity contribution in [3.63, 3.8) is 0 Å². The highest BCUT2D eigenvalue weighted by Crippen LogP contribution is 2.41. The third kappa shape index (κ3) is 4.60. The number of aryl methyl sites for hydroxylation is 1. The van der Waals surface area contributed by atoms with Crippen LogP contribution in [-0.2, 0) is 21.2 Å². The highest BCUT2D eigenvalue weighted by Gasteiger charge is 2.35. The molecule has 3 heterocycles. The maximum atomic E-state index is 13.7. The summed E-state index contributed by atoms with van der Waals surface area (Å²) in [5, 5.41) is 10.2. The van der Waals surface area contributed by atoms with Crippen LogP contribution in [0.15, 0.2) is 39.9 Å². The number of aliphatic carboxylic acids is 1. The molecule has 0 spiro atoms. The van der Waals surface area contributed by atoms with Crippen LogP contribution in [0.1, 0.15) is 61.5 Å². The topological polar surface area (TPSA) is 106 Å². The van der Waals surface area contributed by atoms with Gasteiger partial charge in [0.05, 0.1) is 16.9 Å². The molecule has 0 saturated heterocycles. The SMILES string of the molecule is CC/C(=C\C=C(/C)Cl)C(=O)c1c2n(c3nccc(S(C)(=O)=O)c13)CCCC2CC(=O)O. The number of nitrogens with zero attached hydrogens (tertiary/aromatic N) is 2. The van der Waals surface area contributed by atoms with Gasteiger partial charge in [-0.15, -0.1) is 0 Å². The smallest absolute Gasteiger partial charge is 0.304 e. The minimum Gasteiger partial charge on any atom is -0.481 e. The van der Waals surface area contributed by atoms with Gasteiger partial charge in [0.1, 0.15) is 5.65 Å². The third-order valence-electron chi connectivity index (χ3n) is 5.50. The molecule has 0 radical (unpaired) electrons.